The Morgan fingerprint density at radius 2 is 2.22 bits per heavy atom. The van der Waals surface area contributed by atoms with E-state index < -0.39 is 11.9 Å². The number of rotatable bonds is 8. The number of nitrogens with zero attached hydrogens (tertiary/aromatic N) is 1. The molecule has 7 nitrogen and oxygen atoms in total. The van der Waals surface area contributed by atoms with Crippen LogP contribution in [0.3, 0.4) is 0 Å². The molecule has 2 aromatic rings. The maximum atomic E-state index is 11.3. The molecule has 0 aliphatic heterocycles. The number of aromatic amines is 1. The summed E-state index contributed by atoms with van der Waals surface area (Å²) in [5, 5.41) is 10.2. The maximum absolute atomic E-state index is 11.3. The minimum atomic E-state index is -0.662. The van der Waals surface area contributed by atoms with Gasteiger partial charge in [-0.25, -0.2) is 4.79 Å². The lowest BCUT2D eigenvalue weighted by molar-refractivity contribution is -0.143. The van der Waals surface area contributed by atoms with Gasteiger partial charge in [-0.2, -0.15) is 0 Å². The van der Waals surface area contributed by atoms with E-state index >= 15 is 0 Å². The number of aromatic nitrogens is 1. The lowest BCUT2D eigenvalue weighted by Gasteiger charge is -2.18. The summed E-state index contributed by atoms with van der Waals surface area (Å²) in [5.74, 6) is -0.724. The molecule has 0 fully saturated rings. The van der Waals surface area contributed by atoms with Gasteiger partial charge in [0.2, 0.25) is 0 Å². The smallest absolute Gasteiger partial charge is 0.417 e. The summed E-state index contributed by atoms with van der Waals surface area (Å²) in [5.41, 5.74) is 1.73. The van der Waals surface area contributed by atoms with Gasteiger partial charge >= 0.3 is 11.7 Å². The molecule has 1 aromatic heterocycles. The van der Waals surface area contributed by atoms with Crippen molar-refractivity contribution < 1.29 is 19.1 Å². The van der Waals surface area contributed by atoms with Crippen molar-refractivity contribution in [3.05, 3.63) is 34.3 Å². The fourth-order valence-corrected chi connectivity index (χ4v) is 2.31. The Kier molecular flexibility index (Phi) is 5.95. The second-order valence-corrected chi connectivity index (χ2v) is 5.43. The molecule has 23 heavy (non-hydrogen) atoms. The Bertz CT molecular complexity index is 706. The molecule has 126 valence electrons. The third-order valence-electron chi connectivity index (χ3n) is 3.62. The maximum Gasteiger partial charge on any atom is 0.417 e. The normalized spacial score (nSPS) is 12.7. The highest BCUT2D eigenvalue weighted by Gasteiger charge is 2.12. The average Bonchev–Trinajstić information content (AvgIpc) is 2.89. The number of nitrogens with one attached hydrogen (secondary N) is 1. The zero-order valence-electron chi connectivity index (χ0n) is 13.4. The van der Waals surface area contributed by atoms with E-state index in [1.807, 2.05) is 11.9 Å². The van der Waals surface area contributed by atoms with E-state index in [0.29, 0.717) is 49.2 Å². The van der Waals surface area contributed by atoms with E-state index in [9.17, 15) is 14.7 Å². The van der Waals surface area contributed by atoms with E-state index in [0.717, 1.165) is 0 Å². The number of esters is 1. The molecule has 0 amide bonds. The van der Waals surface area contributed by atoms with Gasteiger partial charge in [0.25, 0.3) is 0 Å². The third-order valence-corrected chi connectivity index (χ3v) is 3.62. The minimum Gasteiger partial charge on any atom is -0.466 e. The Labute approximate surface area is 133 Å². The van der Waals surface area contributed by atoms with Crippen LogP contribution in [0.4, 0.5) is 0 Å². The van der Waals surface area contributed by atoms with Gasteiger partial charge in [0, 0.05) is 13.1 Å². The molecule has 1 aromatic carbocycles. The highest BCUT2D eigenvalue weighted by atomic mass is 16.5. The second kappa shape index (κ2) is 7.94. The van der Waals surface area contributed by atoms with Crippen molar-refractivity contribution in [3.63, 3.8) is 0 Å². The number of hydrogen-bond acceptors (Lipinski definition) is 6. The van der Waals surface area contributed by atoms with Gasteiger partial charge < -0.3 is 19.2 Å². The lowest BCUT2D eigenvalue weighted by Crippen LogP contribution is -2.25. The van der Waals surface area contributed by atoms with Crippen molar-refractivity contribution in [3.8, 4) is 0 Å². The molecule has 0 spiro atoms. The van der Waals surface area contributed by atoms with Crippen LogP contribution in [-0.2, 0) is 9.53 Å². The van der Waals surface area contributed by atoms with Crippen LogP contribution in [-0.4, -0.2) is 47.7 Å². The molecule has 1 unspecified atom stereocenters. The van der Waals surface area contributed by atoms with Crippen LogP contribution in [0.2, 0.25) is 0 Å². The molecule has 2 N–H and O–H groups in total. The van der Waals surface area contributed by atoms with Crippen LogP contribution in [0, 0.1) is 0 Å². The van der Waals surface area contributed by atoms with Crippen molar-refractivity contribution in [2.24, 2.45) is 0 Å². The number of H-pyrrole nitrogens is 1. The molecule has 0 aliphatic rings. The number of carbonyl (C=O) groups is 1. The Morgan fingerprint density at radius 1 is 1.43 bits per heavy atom. The summed E-state index contributed by atoms with van der Waals surface area (Å²) >= 11 is 0. The first kappa shape index (κ1) is 17.2. The molecule has 1 atom stereocenters. The van der Waals surface area contributed by atoms with Crippen molar-refractivity contribution >= 4 is 17.1 Å². The van der Waals surface area contributed by atoms with Crippen molar-refractivity contribution in [2.75, 3.05) is 26.7 Å². The number of carbonyl (C=O) groups excluding carboxylic acids is 1. The highest BCUT2D eigenvalue weighted by Crippen LogP contribution is 2.21. The van der Waals surface area contributed by atoms with E-state index in [-0.39, 0.29) is 5.97 Å². The predicted molar refractivity (Wildman–Crippen MR) is 85.2 cm³/mol. The third kappa shape index (κ3) is 4.94. The summed E-state index contributed by atoms with van der Waals surface area (Å²) < 4.78 is 9.86. The number of hydrogen-bond donors (Lipinski definition) is 2. The molecule has 0 saturated carbocycles. The summed E-state index contributed by atoms with van der Waals surface area (Å²) in [6, 6.07) is 5.14. The van der Waals surface area contributed by atoms with Gasteiger partial charge in [-0.3, -0.25) is 9.78 Å². The summed E-state index contributed by atoms with van der Waals surface area (Å²) in [6.07, 6.45) is 0.185. The number of benzene rings is 1. The summed E-state index contributed by atoms with van der Waals surface area (Å²) in [4.78, 5) is 26.9. The van der Waals surface area contributed by atoms with Crippen LogP contribution in [0.15, 0.2) is 27.4 Å². The molecule has 7 heteroatoms. The average molecular weight is 322 g/mol. The standard InChI is InChI=1S/C16H22N2O5/c1-3-22-15(20)7-9-18(2)8-6-13(19)11-4-5-12-14(10-11)23-16(21)17-12/h4-5,10,13,19H,3,6-9H2,1-2H3,(H,17,21). The van der Waals surface area contributed by atoms with Gasteiger partial charge in [0.05, 0.1) is 24.6 Å². The fourth-order valence-electron chi connectivity index (χ4n) is 2.31. The molecule has 0 radical (unpaired) electrons. The topological polar surface area (TPSA) is 95.8 Å². The van der Waals surface area contributed by atoms with Crippen molar-refractivity contribution in [1.29, 1.82) is 0 Å². The van der Waals surface area contributed by atoms with E-state index in [4.69, 9.17) is 9.15 Å². The van der Waals surface area contributed by atoms with Gasteiger partial charge in [-0.05, 0) is 38.1 Å². The SMILES string of the molecule is CCOC(=O)CCN(C)CCC(O)c1ccc2[nH]c(=O)oc2c1. The quantitative estimate of drug-likeness (QED) is 0.714. The number of aliphatic hydroxyl groups excluding tert-OH is 1. The van der Waals surface area contributed by atoms with Crippen LogP contribution in [0.25, 0.3) is 11.1 Å². The number of ether oxygens (including phenoxy) is 1. The largest absolute Gasteiger partial charge is 0.466 e. The molecule has 0 bridgehead atoms. The van der Waals surface area contributed by atoms with Crippen LogP contribution < -0.4 is 5.76 Å². The van der Waals surface area contributed by atoms with E-state index in [2.05, 4.69) is 4.98 Å². The Balaban J connectivity index is 1.84. The molecular formula is C16H22N2O5. The second-order valence-electron chi connectivity index (χ2n) is 5.43. The minimum absolute atomic E-state index is 0.215. The molecular weight excluding hydrogens is 300 g/mol. The van der Waals surface area contributed by atoms with Crippen molar-refractivity contribution in [2.45, 2.75) is 25.9 Å². The molecule has 0 saturated heterocycles. The monoisotopic (exact) mass is 322 g/mol. The molecule has 0 aliphatic carbocycles. The van der Waals surface area contributed by atoms with Gasteiger partial charge in [-0.1, -0.05) is 6.07 Å². The first-order chi connectivity index (χ1) is 11.0. The molecule has 1 heterocycles. The first-order valence-corrected chi connectivity index (χ1v) is 7.64. The highest BCUT2D eigenvalue weighted by molar-refractivity contribution is 5.72. The zero-order valence-corrected chi connectivity index (χ0v) is 13.4. The van der Waals surface area contributed by atoms with Crippen LogP contribution >= 0.6 is 0 Å². The van der Waals surface area contributed by atoms with Gasteiger partial charge in [-0.15, -0.1) is 0 Å². The van der Waals surface area contributed by atoms with Gasteiger partial charge in [0.15, 0.2) is 5.58 Å². The fraction of sp³-hybridized carbons (Fsp3) is 0.500. The first-order valence-electron chi connectivity index (χ1n) is 7.64. The van der Waals surface area contributed by atoms with E-state index in [1.54, 1.807) is 25.1 Å². The molecule has 2 rings (SSSR count). The summed E-state index contributed by atoms with van der Waals surface area (Å²) in [6.45, 7) is 3.38. The Hall–Kier alpha value is -2.12. The number of aliphatic hydroxyl groups is 1. The van der Waals surface area contributed by atoms with E-state index in [1.165, 1.54) is 0 Å². The Morgan fingerprint density at radius 3 is 2.96 bits per heavy atom. The number of oxazole rings is 1. The zero-order chi connectivity index (χ0) is 16.8. The van der Waals surface area contributed by atoms with Crippen molar-refractivity contribution in [1.82, 2.24) is 9.88 Å². The van der Waals surface area contributed by atoms with Crippen LogP contribution in [0.5, 0.6) is 0 Å². The summed E-state index contributed by atoms with van der Waals surface area (Å²) in [7, 11) is 1.89. The lowest BCUT2D eigenvalue weighted by atomic mass is 10.1. The predicted octanol–water partition coefficient (Wildman–Crippen LogP) is 1.43. The van der Waals surface area contributed by atoms with Gasteiger partial charge in [0.1, 0.15) is 0 Å². The number of fused-ring (bicyclic) bond motifs is 1. The van der Waals surface area contributed by atoms with Crippen LogP contribution in [0.1, 0.15) is 31.4 Å².